The maximum absolute atomic E-state index is 10.1. The van der Waals surface area contributed by atoms with E-state index < -0.39 is 0 Å². The number of carbonyl (C=O) groups is 1. The Morgan fingerprint density at radius 2 is 0.778 bits per heavy atom. The van der Waals surface area contributed by atoms with Gasteiger partial charge < -0.3 is 47.4 Å². The molecule has 0 N–H and O–H groups in total. The van der Waals surface area contributed by atoms with Crippen LogP contribution in [0.1, 0.15) is 12.0 Å². The predicted octanol–water partition coefficient (Wildman–Crippen LogP) is 2.10. The van der Waals surface area contributed by atoms with Gasteiger partial charge in [-0.05, 0) is 19.1 Å². The van der Waals surface area contributed by atoms with Gasteiger partial charge in [-0.25, -0.2) is 0 Å². The summed E-state index contributed by atoms with van der Waals surface area (Å²) in [6, 6.07) is 7.95. The lowest BCUT2D eigenvalue weighted by molar-refractivity contribution is -0.108. The van der Waals surface area contributed by atoms with Crippen LogP contribution in [0.3, 0.4) is 0 Å². The van der Waals surface area contributed by atoms with Crippen LogP contribution in [0, 0.1) is 6.92 Å². The van der Waals surface area contributed by atoms with E-state index in [1.807, 2.05) is 31.2 Å². The molecular formula is C26H44O10. The first-order chi connectivity index (χ1) is 17.8. The fourth-order valence-electron chi connectivity index (χ4n) is 2.63. The van der Waals surface area contributed by atoms with Gasteiger partial charge in [0.15, 0.2) is 0 Å². The van der Waals surface area contributed by atoms with Crippen LogP contribution in [0.25, 0.3) is 0 Å². The average molecular weight is 517 g/mol. The van der Waals surface area contributed by atoms with Crippen molar-refractivity contribution in [3.63, 3.8) is 0 Å². The minimum atomic E-state index is 0.419. The number of aldehydes is 1. The van der Waals surface area contributed by atoms with Crippen molar-refractivity contribution in [1.29, 1.82) is 0 Å². The van der Waals surface area contributed by atoms with Crippen LogP contribution in [-0.2, 0) is 42.7 Å². The van der Waals surface area contributed by atoms with E-state index in [1.54, 1.807) is 0 Å². The fourth-order valence-corrected chi connectivity index (χ4v) is 2.63. The molecule has 0 atom stereocenters. The third kappa shape index (κ3) is 22.8. The molecule has 0 amide bonds. The molecule has 0 fully saturated rings. The fraction of sp³-hybridized carbons (Fsp3) is 0.731. The molecule has 10 heteroatoms. The molecule has 0 aliphatic rings. The lowest BCUT2D eigenvalue weighted by Gasteiger charge is -2.09. The summed E-state index contributed by atoms with van der Waals surface area (Å²) in [6.45, 7) is 10.7. The molecule has 36 heavy (non-hydrogen) atoms. The summed E-state index contributed by atoms with van der Waals surface area (Å²) in [5.41, 5.74) is 1.21. The standard InChI is InChI=1S/C26H44O10/c1-25-3-5-26(6-4-25)36-24-23-35-22-21-34-20-19-33-18-17-32-16-15-31-14-13-30-12-11-29-10-9-28-8-2-7-27/h3-7H,2,8-24H2,1H3. The summed E-state index contributed by atoms with van der Waals surface area (Å²) in [6.07, 6.45) is 1.25. The molecule has 1 aromatic carbocycles. The maximum atomic E-state index is 10.1. The van der Waals surface area contributed by atoms with Gasteiger partial charge in [0, 0.05) is 6.42 Å². The van der Waals surface area contributed by atoms with Crippen LogP contribution in [0.2, 0.25) is 0 Å². The smallest absolute Gasteiger partial charge is 0.122 e. The summed E-state index contributed by atoms with van der Waals surface area (Å²) >= 11 is 0. The summed E-state index contributed by atoms with van der Waals surface area (Å²) < 4.78 is 48.8. The van der Waals surface area contributed by atoms with Gasteiger partial charge in [0.1, 0.15) is 18.6 Å². The van der Waals surface area contributed by atoms with Crippen molar-refractivity contribution in [2.75, 3.05) is 112 Å². The zero-order valence-electron chi connectivity index (χ0n) is 21.7. The van der Waals surface area contributed by atoms with Gasteiger partial charge in [0.2, 0.25) is 0 Å². The van der Waals surface area contributed by atoms with Crippen molar-refractivity contribution in [1.82, 2.24) is 0 Å². The van der Waals surface area contributed by atoms with Gasteiger partial charge in [-0.15, -0.1) is 0 Å². The zero-order valence-corrected chi connectivity index (χ0v) is 21.7. The van der Waals surface area contributed by atoms with Gasteiger partial charge in [0.25, 0.3) is 0 Å². The predicted molar refractivity (Wildman–Crippen MR) is 134 cm³/mol. The highest BCUT2D eigenvalue weighted by atomic mass is 16.6. The normalized spacial score (nSPS) is 11.1. The minimum absolute atomic E-state index is 0.419. The van der Waals surface area contributed by atoms with Crippen LogP contribution in [-0.4, -0.2) is 119 Å². The summed E-state index contributed by atoms with van der Waals surface area (Å²) in [5, 5.41) is 0. The van der Waals surface area contributed by atoms with Crippen molar-refractivity contribution in [2.45, 2.75) is 13.3 Å². The van der Waals surface area contributed by atoms with E-state index in [2.05, 4.69) is 0 Å². The van der Waals surface area contributed by atoms with Crippen molar-refractivity contribution in [3.8, 4) is 5.75 Å². The number of benzene rings is 1. The Bertz CT molecular complexity index is 585. The Balaban J connectivity index is 1.65. The minimum Gasteiger partial charge on any atom is -0.491 e. The van der Waals surface area contributed by atoms with Crippen molar-refractivity contribution >= 4 is 6.29 Å². The van der Waals surface area contributed by atoms with E-state index in [-0.39, 0.29) is 0 Å². The third-order valence-corrected chi connectivity index (χ3v) is 4.50. The first kappa shape index (κ1) is 32.4. The van der Waals surface area contributed by atoms with Crippen LogP contribution < -0.4 is 4.74 Å². The molecular weight excluding hydrogens is 472 g/mol. The highest BCUT2D eigenvalue weighted by Crippen LogP contribution is 2.10. The Hall–Kier alpha value is -1.63. The topological polar surface area (TPSA) is 100 Å². The van der Waals surface area contributed by atoms with E-state index in [4.69, 9.17) is 42.6 Å². The number of ether oxygens (including phenoxy) is 9. The number of hydrogen-bond donors (Lipinski definition) is 0. The first-order valence-corrected chi connectivity index (χ1v) is 12.6. The molecule has 0 aliphatic heterocycles. The summed E-state index contributed by atoms with van der Waals surface area (Å²) in [4.78, 5) is 10.1. The molecule has 1 rings (SSSR count). The van der Waals surface area contributed by atoms with Crippen LogP contribution in [0.15, 0.2) is 24.3 Å². The van der Waals surface area contributed by atoms with Gasteiger partial charge in [0.05, 0.1) is 106 Å². The lowest BCUT2D eigenvalue weighted by Crippen LogP contribution is -2.15. The molecule has 208 valence electrons. The van der Waals surface area contributed by atoms with Crippen molar-refractivity contribution in [3.05, 3.63) is 29.8 Å². The Labute approximate surface area is 215 Å². The second kappa shape index (κ2) is 26.4. The van der Waals surface area contributed by atoms with Crippen molar-refractivity contribution in [2.24, 2.45) is 0 Å². The Morgan fingerprint density at radius 3 is 1.11 bits per heavy atom. The SMILES string of the molecule is Cc1ccc(OCCOCCOCCOCCOCCOCCOCCOCCOCCC=O)cc1. The molecule has 0 radical (unpaired) electrons. The average Bonchev–Trinajstić information content (AvgIpc) is 2.89. The molecule has 0 unspecified atom stereocenters. The number of carbonyl (C=O) groups excluding carboxylic acids is 1. The first-order valence-electron chi connectivity index (χ1n) is 12.6. The molecule has 0 saturated heterocycles. The van der Waals surface area contributed by atoms with Gasteiger partial charge in [-0.3, -0.25) is 0 Å². The molecule has 0 saturated carbocycles. The second-order valence-corrected chi connectivity index (χ2v) is 7.52. The molecule has 0 heterocycles. The molecule has 0 aromatic heterocycles. The molecule has 0 bridgehead atoms. The Kier molecular flexibility index (Phi) is 23.8. The maximum Gasteiger partial charge on any atom is 0.122 e. The third-order valence-electron chi connectivity index (χ3n) is 4.50. The van der Waals surface area contributed by atoms with Crippen LogP contribution in [0.4, 0.5) is 0 Å². The number of hydrogen-bond acceptors (Lipinski definition) is 10. The highest BCUT2D eigenvalue weighted by molar-refractivity contribution is 5.49. The van der Waals surface area contributed by atoms with E-state index in [1.165, 1.54) is 5.56 Å². The molecule has 0 spiro atoms. The molecule has 1 aromatic rings. The van der Waals surface area contributed by atoms with Crippen LogP contribution in [0.5, 0.6) is 5.75 Å². The molecule has 0 aliphatic carbocycles. The second-order valence-electron chi connectivity index (χ2n) is 7.52. The summed E-state index contributed by atoms with van der Waals surface area (Å²) in [5.74, 6) is 0.851. The molecule has 10 nitrogen and oxygen atoms in total. The number of rotatable bonds is 28. The van der Waals surface area contributed by atoms with Gasteiger partial charge in [-0.1, -0.05) is 17.7 Å². The van der Waals surface area contributed by atoms with Gasteiger partial charge in [-0.2, -0.15) is 0 Å². The monoisotopic (exact) mass is 516 g/mol. The lowest BCUT2D eigenvalue weighted by atomic mass is 10.2. The van der Waals surface area contributed by atoms with Crippen LogP contribution >= 0.6 is 0 Å². The van der Waals surface area contributed by atoms with Gasteiger partial charge >= 0.3 is 0 Å². The quantitative estimate of drug-likeness (QED) is 0.122. The van der Waals surface area contributed by atoms with E-state index in [0.29, 0.717) is 119 Å². The van der Waals surface area contributed by atoms with E-state index in [9.17, 15) is 4.79 Å². The number of aryl methyl sites for hydroxylation is 1. The largest absolute Gasteiger partial charge is 0.491 e. The highest BCUT2D eigenvalue weighted by Gasteiger charge is 1.96. The summed E-state index contributed by atoms with van der Waals surface area (Å²) in [7, 11) is 0. The Morgan fingerprint density at radius 1 is 0.472 bits per heavy atom. The van der Waals surface area contributed by atoms with Crippen molar-refractivity contribution < 1.29 is 47.4 Å². The van der Waals surface area contributed by atoms with E-state index in [0.717, 1.165) is 12.0 Å². The zero-order chi connectivity index (χ0) is 25.8. The van der Waals surface area contributed by atoms with E-state index >= 15 is 0 Å².